The lowest BCUT2D eigenvalue weighted by molar-refractivity contribution is -0.130. The van der Waals surface area contributed by atoms with Gasteiger partial charge >= 0.3 is 0 Å². The van der Waals surface area contributed by atoms with Gasteiger partial charge in [-0.2, -0.15) is 0 Å². The van der Waals surface area contributed by atoms with E-state index < -0.39 is 0 Å². The molecule has 2 saturated heterocycles. The highest BCUT2D eigenvalue weighted by Gasteiger charge is 2.27. The first-order valence-electron chi connectivity index (χ1n) is 7.27. The van der Waals surface area contributed by atoms with Crippen LogP contribution in [0.1, 0.15) is 25.7 Å². The molecule has 2 aliphatic heterocycles. The molecule has 20 heavy (non-hydrogen) atoms. The van der Waals surface area contributed by atoms with E-state index in [1.54, 1.807) is 12.4 Å². The Hall–Kier alpha value is -1.69. The Balaban J connectivity index is 1.47. The number of nitrogens with one attached hydrogen (secondary N) is 1. The van der Waals surface area contributed by atoms with Gasteiger partial charge in [0.25, 0.3) is 0 Å². The summed E-state index contributed by atoms with van der Waals surface area (Å²) < 4.78 is 5.40. The van der Waals surface area contributed by atoms with Crippen LogP contribution in [0, 0.1) is 0 Å². The Labute approximate surface area is 118 Å². The number of hydrogen-bond acceptors (Lipinski definition) is 5. The van der Waals surface area contributed by atoms with Crippen LogP contribution in [0.2, 0.25) is 0 Å². The first-order valence-corrected chi connectivity index (χ1v) is 7.27. The van der Waals surface area contributed by atoms with Crippen LogP contribution in [0.5, 0.6) is 0 Å². The molecule has 2 fully saturated rings. The molecule has 0 aliphatic carbocycles. The first kappa shape index (κ1) is 13.3. The molecular formula is C14H20N4O2. The van der Waals surface area contributed by atoms with Crippen LogP contribution >= 0.6 is 0 Å². The number of piperidine rings is 1. The van der Waals surface area contributed by atoms with Gasteiger partial charge in [0.15, 0.2) is 0 Å². The zero-order valence-electron chi connectivity index (χ0n) is 11.5. The highest BCUT2D eigenvalue weighted by molar-refractivity contribution is 5.81. The average molecular weight is 276 g/mol. The lowest BCUT2D eigenvalue weighted by Gasteiger charge is -2.32. The van der Waals surface area contributed by atoms with Crippen LogP contribution in [0.25, 0.3) is 0 Å². The molecule has 3 heterocycles. The van der Waals surface area contributed by atoms with Crippen molar-refractivity contribution >= 4 is 11.9 Å². The number of carbonyl (C=O) groups is 1. The number of aromatic nitrogens is 2. The largest absolute Gasteiger partial charge is 0.368 e. The number of rotatable bonds is 3. The third-order valence-corrected chi connectivity index (χ3v) is 3.90. The van der Waals surface area contributed by atoms with Crippen LogP contribution < -0.4 is 10.2 Å². The van der Waals surface area contributed by atoms with Crippen molar-refractivity contribution in [3.63, 3.8) is 0 Å². The van der Waals surface area contributed by atoms with Gasteiger partial charge in [-0.15, -0.1) is 0 Å². The van der Waals surface area contributed by atoms with Crippen LogP contribution in [-0.2, 0) is 9.53 Å². The highest BCUT2D eigenvalue weighted by atomic mass is 16.5. The molecule has 1 N–H and O–H groups in total. The van der Waals surface area contributed by atoms with Crippen molar-refractivity contribution in [3.05, 3.63) is 18.5 Å². The van der Waals surface area contributed by atoms with E-state index in [2.05, 4.69) is 20.2 Å². The Bertz CT molecular complexity index is 440. The van der Waals surface area contributed by atoms with E-state index in [1.807, 2.05) is 6.07 Å². The maximum Gasteiger partial charge on any atom is 0.249 e. The van der Waals surface area contributed by atoms with Crippen LogP contribution in [0.3, 0.4) is 0 Å². The first-order chi connectivity index (χ1) is 9.83. The van der Waals surface area contributed by atoms with Crippen molar-refractivity contribution < 1.29 is 9.53 Å². The summed E-state index contributed by atoms with van der Waals surface area (Å²) in [4.78, 5) is 22.7. The molecule has 0 radical (unpaired) electrons. The number of amides is 1. The fraction of sp³-hybridized carbons (Fsp3) is 0.643. The van der Waals surface area contributed by atoms with Crippen LogP contribution in [0.15, 0.2) is 18.5 Å². The fourth-order valence-corrected chi connectivity index (χ4v) is 2.76. The molecule has 0 spiro atoms. The Morgan fingerprint density at radius 2 is 2.00 bits per heavy atom. The maximum absolute atomic E-state index is 12.0. The highest BCUT2D eigenvalue weighted by Crippen LogP contribution is 2.17. The molecule has 0 saturated carbocycles. The van der Waals surface area contributed by atoms with E-state index >= 15 is 0 Å². The molecule has 0 aromatic carbocycles. The standard InChI is InChI=1S/C14H20N4O2/c19-13(12-3-1-10-20-12)17-11-4-8-18(9-5-11)14-15-6-2-7-16-14/h2,6-7,11-12H,1,3-5,8-10H2,(H,17,19)/t12-/m0/s1. The van der Waals surface area contributed by atoms with E-state index in [0.717, 1.165) is 44.7 Å². The van der Waals surface area contributed by atoms with Gasteiger partial charge < -0.3 is 15.0 Å². The van der Waals surface area contributed by atoms with Gasteiger partial charge in [-0.1, -0.05) is 0 Å². The molecule has 6 nitrogen and oxygen atoms in total. The van der Waals surface area contributed by atoms with Gasteiger partial charge in [-0.3, -0.25) is 4.79 Å². The molecule has 6 heteroatoms. The van der Waals surface area contributed by atoms with Gasteiger partial charge in [0.2, 0.25) is 11.9 Å². The van der Waals surface area contributed by atoms with Gasteiger partial charge in [0, 0.05) is 38.1 Å². The van der Waals surface area contributed by atoms with E-state index in [9.17, 15) is 4.79 Å². The normalized spacial score (nSPS) is 23.8. The van der Waals surface area contributed by atoms with Gasteiger partial charge in [-0.25, -0.2) is 9.97 Å². The summed E-state index contributed by atoms with van der Waals surface area (Å²) >= 11 is 0. The Morgan fingerprint density at radius 3 is 2.65 bits per heavy atom. The molecule has 0 unspecified atom stereocenters. The number of nitrogens with zero attached hydrogens (tertiary/aromatic N) is 3. The SMILES string of the molecule is O=C(NC1CCN(c2ncccn2)CC1)[C@@H]1CCCO1. The van der Waals surface area contributed by atoms with Crippen LogP contribution in [-0.4, -0.2) is 47.7 Å². The molecule has 1 amide bonds. The van der Waals surface area contributed by atoms with Gasteiger partial charge in [0.1, 0.15) is 6.10 Å². The molecule has 3 rings (SSSR count). The lowest BCUT2D eigenvalue weighted by Crippen LogP contribution is -2.47. The minimum Gasteiger partial charge on any atom is -0.368 e. The van der Waals surface area contributed by atoms with E-state index in [0.29, 0.717) is 6.61 Å². The smallest absolute Gasteiger partial charge is 0.249 e. The summed E-state index contributed by atoms with van der Waals surface area (Å²) in [6, 6.07) is 2.06. The Morgan fingerprint density at radius 1 is 1.25 bits per heavy atom. The van der Waals surface area contributed by atoms with Crippen molar-refractivity contribution in [2.24, 2.45) is 0 Å². The minimum absolute atomic E-state index is 0.0527. The van der Waals surface area contributed by atoms with Crippen molar-refractivity contribution in [2.45, 2.75) is 37.8 Å². The number of anilines is 1. The van der Waals surface area contributed by atoms with E-state index in [1.165, 1.54) is 0 Å². The lowest BCUT2D eigenvalue weighted by atomic mass is 10.0. The van der Waals surface area contributed by atoms with Gasteiger partial charge in [-0.05, 0) is 31.7 Å². The number of ether oxygens (including phenoxy) is 1. The molecule has 108 valence electrons. The van der Waals surface area contributed by atoms with Crippen molar-refractivity contribution in [2.75, 3.05) is 24.6 Å². The zero-order valence-corrected chi connectivity index (χ0v) is 11.5. The average Bonchev–Trinajstić information content (AvgIpc) is 3.03. The third-order valence-electron chi connectivity index (χ3n) is 3.90. The topological polar surface area (TPSA) is 67.4 Å². The summed E-state index contributed by atoms with van der Waals surface area (Å²) in [5.41, 5.74) is 0. The Kier molecular flexibility index (Phi) is 4.11. The number of hydrogen-bond donors (Lipinski definition) is 1. The second-order valence-electron chi connectivity index (χ2n) is 5.32. The summed E-state index contributed by atoms with van der Waals surface area (Å²) in [6.45, 7) is 2.46. The van der Waals surface area contributed by atoms with Crippen LogP contribution in [0.4, 0.5) is 5.95 Å². The molecule has 0 bridgehead atoms. The third kappa shape index (κ3) is 3.07. The zero-order chi connectivity index (χ0) is 13.8. The van der Waals surface area contributed by atoms with Crippen molar-refractivity contribution in [1.29, 1.82) is 0 Å². The van der Waals surface area contributed by atoms with E-state index in [4.69, 9.17) is 4.74 Å². The molecular weight excluding hydrogens is 256 g/mol. The number of carbonyl (C=O) groups excluding carboxylic acids is 1. The van der Waals surface area contributed by atoms with Crippen molar-refractivity contribution in [3.8, 4) is 0 Å². The van der Waals surface area contributed by atoms with Crippen molar-refractivity contribution in [1.82, 2.24) is 15.3 Å². The quantitative estimate of drug-likeness (QED) is 0.882. The summed E-state index contributed by atoms with van der Waals surface area (Å²) in [5, 5.41) is 3.10. The monoisotopic (exact) mass is 276 g/mol. The molecule has 1 aromatic rings. The van der Waals surface area contributed by atoms with E-state index in [-0.39, 0.29) is 18.1 Å². The minimum atomic E-state index is -0.231. The second-order valence-corrected chi connectivity index (χ2v) is 5.32. The second kappa shape index (κ2) is 6.17. The summed E-state index contributed by atoms with van der Waals surface area (Å²) in [5.74, 6) is 0.827. The fourth-order valence-electron chi connectivity index (χ4n) is 2.76. The molecule has 1 aromatic heterocycles. The maximum atomic E-state index is 12.0. The predicted octanol–water partition coefficient (Wildman–Crippen LogP) is 0.741. The predicted molar refractivity (Wildman–Crippen MR) is 74.4 cm³/mol. The summed E-state index contributed by atoms with van der Waals surface area (Å²) in [6.07, 6.45) is 6.98. The summed E-state index contributed by atoms with van der Waals surface area (Å²) in [7, 11) is 0. The molecule has 1 atom stereocenters. The molecule has 2 aliphatic rings. The van der Waals surface area contributed by atoms with Gasteiger partial charge in [0.05, 0.1) is 0 Å².